The molecule has 7 nitrogen and oxygen atoms in total. The zero-order valence-corrected chi connectivity index (χ0v) is 14.7. The lowest BCUT2D eigenvalue weighted by Crippen LogP contribution is -2.51. The van der Waals surface area contributed by atoms with Gasteiger partial charge in [0.1, 0.15) is 0 Å². The summed E-state index contributed by atoms with van der Waals surface area (Å²) in [5.41, 5.74) is 0. The van der Waals surface area contributed by atoms with Gasteiger partial charge in [0.15, 0.2) is 0 Å². The standard InChI is InChI=1S/C17H29N3O4/c1-12(2)9-18-17(24)20-8-3-5-13(10-20)15(21)19-7-4-6-14(11-19)16(22)23/h12-14H,3-11H2,1-2H3,(H,18,24)(H,22,23)/t13?,14-/m0/s1. The summed E-state index contributed by atoms with van der Waals surface area (Å²) in [4.78, 5) is 39.5. The van der Waals surface area contributed by atoms with Crippen LogP contribution < -0.4 is 5.32 Å². The molecule has 0 saturated carbocycles. The Labute approximate surface area is 143 Å². The molecule has 2 fully saturated rings. The molecule has 2 aliphatic heterocycles. The van der Waals surface area contributed by atoms with E-state index in [0.29, 0.717) is 45.1 Å². The van der Waals surface area contributed by atoms with Crippen LogP contribution in [-0.2, 0) is 9.59 Å². The van der Waals surface area contributed by atoms with Crippen molar-refractivity contribution in [3.63, 3.8) is 0 Å². The monoisotopic (exact) mass is 339 g/mol. The van der Waals surface area contributed by atoms with Crippen LogP contribution in [0, 0.1) is 17.8 Å². The quantitative estimate of drug-likeness (QED) is 0.810. The minimum absolute atomic E-state index is 0.00214. The van der Waals surface area contributed by atoms with Crippen molar-refractivity contribution in [2.45, 2.75) is 39.5 Å². The molecule has 1 unspecified atom stereocenters. The highest BCUT2D eigenvalue weighted by Crippen LogP contribution is 2.23. The average Bonchev–Trinajstić information content (AvgIpc) is 2.59. The Bertz CT molecular complexity index is 480. The van der Waals surface area contributed by atoms with Crippen LogP contribution in [0.15, 0.2) is 0 Å². The van der Waals surface area contributed by atoms with E-state index >= 15 is 0 Å². The number of aliphatic carboxylic acids is 1. The summed E-state index contributed by atoms with van der Waals surface area (Å²) in [6, 6.07) is -0.108. The van der Waals surface area contributed by atoms with Gasteiger partial charge in [0, 0.05) is 32.7 Å². The smallest absolute Gasteiger partial charge is 0.317 e. The Morgan fingerprint density at radius 3 is 2.25 bits per heavy atom. The van der Waals surface area contributed by atoms with Crippen molar-refractivity contribution in [2.75, 3.05) is 32.7 Å². The summed E-state index contributed by atoms with van der Waals surface area (Å²) in [5, 5.41) is 12.1. The van der Waals surface area contributed by atoms with Gasteiger partial charge < -0.3 is 20.2 Å². The van der Waals surface area contributed by atoms with Gasteiger partial charge in [-0.05, 0) is 31.6 Å². The first kappa shape index (κ1) is 18.5. The molecule has 0 spiro atoms. The summed E-state index contributed by atoms with van der Waals surface area (Å²) < 4.78 is 0. The van der Waals surface area contributed by atoms with Crippen LogP contribution in [0.1, 0.15) is 39.5 Å². The van der Waals surface area contributed by atoms with E-state index in [9.17, 15) is 14.4 Å². The summed E-state index contributed by atoms with van der Waals surface area (Å²) in [7, 11) is 0. The normalized spacial score (nSPS) is 24.8. The van der Waals surface area contributed by atoms with Crippen molar-refractivity contribution < 1.29 is 19.5 Å². The minimum atomic E-state index is -0.828. The second kappa shape index (κ2) is 8.35. The first-order valence-electron chi connectivity index (χ1n) is 8.92. The zero-order valence-electron chi connectivity index (χ0n) is 14.7. The largest absolute Gasteiger partial charge is 0.481 e. The van der Waals surface area contributed by atoms with E-state index in [1.54, 1.807) is 9.80 Å². The number of hydrogen-bond donors (Lipinski definition) is 2. The number of hydrogen-bond acceptors (Lipinski definition) is 3. The van der Waals surface area contributed by atoms with Gasteiger partial charge in [0.25, 0.3) is 0 Å². The van der Waals surface area contributed by atoms with Crippen molar-refractivity contribution in [1.82, 2.24) is 15.1 Å². The number of nitrogens with zero attached hydrogens (tertiary/aromatic N) is 2. The molecule has 2 aliphatic rings. The van der Waals surface area contributed by atoms with Crippen molar-refractivity contribution >= 4 is 17.9 Å². The van der Waals surface area contributed by atoms with Gasteiger partial charge in [-0.15, -0.1) is 0 Å². The maximum absolute atomic E-state index is 12.7. The first-order chi connectivity index (χ1) is 11.4. The number of urea groups is 1. The van der Waals surface area contributed by atoms with Crippen LogP contribution in [0.25, 0.3) is 0 Å². The lowest BCUT2D eigenvalue weighted by molar-refractivity contribution is -0.147. The van der Waals surface area contributed by atoms with Crippen molar-refractivity contribution in [2.24, 2.45) is 17.8 Å². The molecule has 0 aromatic rings. The molecule has 136 valence electrons. The van der Waals surface area contributed by atoms with Crippen LogP contribution in [-0.4, -0.2) is 65.5 Å². The molecule has 2 rings (SSSR count). The van der Waals surface area contributed by atoms with Gasteiger partial charge in [-0.1, -0.05) is 13.8 Å². The summed E-state index contributed by atoms with van der Waals surface area (Å²) in [6.07, 6.45) is 2.93. The molecule has 0 radical (unpaired) electrons. The second-order valence-electron chi connectivity index (χ2n) is 7.33. The maximum Gasteiger partial charge on any atom is 0.317 e. The molecule has 2 atom stereocenters. The second-order valence-corrected chi connectivity index (χ2v) is 7.33. The highest BCUT2D eigenvalue weighted by atomic mass is 16.4. The third-order valence-corrected chi connectivity index (χ3v) is 4.80. The minimum Gasteiger partial charge on any atom is -0.481 e. The highest BCUT2D eigenvalue weighted by Gasteiger charge is 2.34. The summed E-state index contributed by atoms with van der Waals surface area (Å²) in [6.45, 7) is 6.72. The van der Waals surface area contributed by atoms with E-state index in [1.807, 2.05) is 13.8 Å². The molecule has 7 heteroatoms. The third kappa shape index (κ3) is 4.85. The first-order valence-corrected chi connectivity index (χ1v) is 8.92. The number of carbonyl (C=O) groups is 3. The molecule has 24 heavy (non-hydrogen) atoms. The molecule has 0 bridgehead atoms. The van der Waals surface area contributed by atoms with E-state index in [1.165, 1.54) is 0 Å². The van der Waals surface area contributed by atoms with Crippen molar-refractivity contribution in [3.05, 3.63) is 0 Å². The van der Waals surface area contributed by atoms with E-state index in [4.69, 9.17) is 5.11 Å². The highest BCUT2D eigenvalue weighted by molar-refractivity contribution is 5.82. The Morgan fingerprint density at radius 2 is 1.62 bits per heavy atom. The number of carboxylic acids is 1. The molecule has 2 N–H and O–H groups in total. The fraction of sp³-hybridized carbons (Fsp3) is 0.824. The Morgan fingerprint density at radius 1 is 1.04 bits per heavy atom. The number of carbonyl (C=O) groups excluding carboxylic acids is 2. The van der Waals surface area contributed by atoms with Crippen LogP contribution in [0.4, 0.5) is 4.79 Å². The molecule has 0 aromatic heterocycles. The van der Waals surface area contributed by atoms with Gasteiger partial charge in [0.05, 0.1) is 11.8 Å². The number of carboxylic acid groups (broad SMARTS) is 1. The van der Waals surface area contributed by atoms with Gasteiger partial charge in [-0.25, -0.2) is 4.79 Å². The van der Waals surface area contributed by atoms with E-state index < -0.39 is 11.9 Å². The van der Waals surface area contributed by atoms with Crippen LogP contribution in [0.3, 0.4) is 0 Å². The zero-order chi connectivity index (χ0) is 17.7. The Hall–Kier alpha value is -1.79. The number of nitrogens with one attached hydrogen (secondary N) is 1. The predicted molar refractivity (Wildman–Crippen MR) is 89.5 cm³/mol. The molecule has 0 aliphatic carbocycles. The van der Waals surface area contributed by atoms with Gasteiger partial charge in [-0.2, -0.15) is 0 Å². The van der Waals surface area contributed by atoms with Crippen molar-refractivity contribution in [1.29, 1.82) is 0 Å². The fourth-order valence-electron chi connectivity index (χ4n) is 3.40. The van der Waals surface area contributed by atoms with E-state index in [0.717, 1.165) is 19.3 Å². The lowest BCUT2D eigenvalue weighted by Gasteiger charge is -2.37. The van der Waals surface area contributed by atoms with E-state index in [-0.39, 0.29) is 17.9 Å². The molecule has 2 heterocycles. The van der Waals surface area contributed by atoms with Crippen LogP contribution in [0.2, 0.25) is 0 Å². The predicted octanol–water partition coefficient (Wildman–Crippen LogP) is 1.39. The van der Waals surface area contributed by atoms with Crippen molar-refractivity contribution in [3.8, 4) is 0 Å². The number of likely N-dealkylation sites (tertiary alicyclic amines) is 2. The topological polar surface area (TPSA) is 90.0 Å². The third-order valence-electron chi connectivity index (χ3n) is 4.80. The Kier molecular flexibility index (Phi) is 6.45. The van der Waals surface area contributed by atoms with Gasteiger partial charge in [0.2, 0.25) is 5.91 Å². The van der Waals surface area contributed by atoms with Crippen LogP contribution >= 0.6 is 0 Å². The molecule has 3 amide bonds. The summed E-state index contributed by atoms with van der Waals surface area (Å²) >= 11 is 0. The summed E-state index contributed by atoms with van der Waals surface area (Å²) in [5.74, 6) is -1.11. The van der Waals surface area contributed by atoms with Gasteiger partial charge in [-0.3, -0.25) is 9.59 Å². The Balaban J connectivity index is 1.90. The van der Waals surface area contributed by atoms with Gasteiger partial charge >= 0.3 is 12.0 Å². The molecule has 2 saturated heterocycles. The van der Waals surface area contributed by atoms with E-state index in [2.05, 4.69) is 5.32 Å². The van der Waals surface area contributed by atoms with Crippen LogP contribution in [0.5, 0.6) is 0 Å². The fourth-order valence-corrected chi connectivity index (χ4v) is 3.40. The number of rotatable bonds is 4. The maximum atomic E-state index is 12.7. The molecular formula is C17H29N3O4. The SMILES string of the molecule is CC(C)CNC(=O)N1CCCC(C(=O)N2CCC[C@H](C(=O)O)C2)C1. The average molecular weight is 339 g/mol. The lowest BCUT2D eigenvalue weighted by atomic mass is 9.93. The number of piperidine rings is 2. The molecule has 0 aromatic carbocycles. The number of amides is 3. The molecular weight excluding hydrogens is 310 g/mol.